The number of nitrogens with zero attached hydrogens (tertiary/aromatic N) is 3. The fourth-order valence-electron chi connectivity index (χ4n) is 3.13. The van der Waals surface area contributed by atoms with Gasteiger partial charge in [-0.3, -0.25) is 9.59 Å². The van der Waals surface area contributed by atoms with Gasteiger partial charge < -0.3 is 14.7 Å². The minimum atomic E-state index is -0.474. The predicted molar refractivity (Wildman–Crippen MR) is 95.3 cm³/mol. The molecule has 1 saturated heterocycles. The highest BCUT2D eigenvalue weighted by atomic mass is 35.5. The number of halogens is 1. The molecule has 3 rings (SSSR count). The van der Waals surface area contributed by atoms with Crippen LogP contribution in [0.3, 0.4) is 0 Å². The van der Waals surface area contributed by atoms with Crippen molar-refractivity contribution >= 4 is 23.4 Å². The Morgan fingerprint density at radius 3 is 2.73 bits per heavy atom. The van der Waals surface area contributed by atoms with Crippen molar-refractivity contribution in [3.8, 4) is 0 Å². The van der Waals surface area contributed by atoms with Crippen LogP contribution in [0.15, 0.2) is 28.8 Å². The van der Waals surface area contributed by atoms with Crippen LogP contribution in [0.25, 0.3) is 0 Å². The van der Waals surface area contributed by atoms with Gasteiger partial charge in [-0.05, 0) is 30.0 Å². The summed E-state index contributed by atoms with van der Waals surface area (Å²) in [6.45, 7) is 4.65. The van der Waals surface area contributed by atoms with Gasteiger partial charge in [0.15, 0.2) is 5.82 Å². The highest BCUT2D eigenvalue weighted by Gasteiger charge is 2.37. The molecule has 2 amide bonds. The number of nitrogens with one attached hydrogen (secondary N) is 1. The van der Waals surface area contributed by atoms with E-state index in [9.17, 15) is 9.59 Å². The molecule has 1 aliphatic heterocycles. The van der Waals surface area contributed by atoms with Gasteiger partial charge in [0, 0.05) is 25.0 Å². The number of hydrogen-bond acceptors (Lipinski definition) is 5. The molecule has 7 nitrogen and oxygen atoms in total. The SMILES string of the molecule is Cc1nc(CC(=O)N2CC(C)CC2C(=O)NCc2ccc(Cl)cc2)no1. The average Bonchev–Trinajstić information content (AvgIpc) is 3.19. The molecule has 2 unspecified atom stereocenters. The van der Waals surface area contributed by atoms with Crippen LogP contribution < -0.4 is 5.32 Å². The molecular weight excluding hydrogens is 356 g/mol. The fourth-order valence-corrected chi connectivity index (χ4v) is 3.26. The monoisotopic (exact) mass is 376 g/mol. The first kappa shape index (κ1) is 18.4. The zero-order valence-electron chi connectivity index (χ0n) is 14.7. The normalized spacial score (nSPS) is 19.6. The first-order valence-electron chi connectivity index (χ1n) is 8.53. The highest BCUT2D eigenvalue weighted by molar-refractivity contribution is 6.30. The number of benzene rings is 1. The van der Waals surface area contributed by atoms with Crippen LogP contribution in [0.5, 0.6) is 0 Å². The third-order valence-corrected chi connectivity index (χ3v) is 4.64. The number of carbonyl (C=O) groups is 2. The first-order valence-corrected chi connectivity index (χ1v) is 8.91. The molecule has 1 aromatic carbocycles. The van der Waals surface area contributed by atoms with Crippen molar-refractivity contribution in [3.05, 3.63) is 46.6 Å². The molecule has 8 heteroatoms. The van der Waals surface area contributed by atoms with Gasteiger partial charge in [-0.15, -0.1) is 0 Å². The molecule has 26 heavy (non-hydrogen) atoms. The lowest BCUT2D eigenvalue weighted by Gasteiger charge is -2.23. The van der Waals surface area contributed by atoms with Crippen molar-refractivity contribution in [2.75, 3.05) is 6.54 Å². The summed E-state index contributed by atoms with van der Waals surface area (Å²) in [7, 11) is 0. The molecule has 1 fully saturated rings. The average molecular weight is 377 g/mol. The lowest BCUT2D eigenvalue weighted by atomic mass is 10.1. The van der Waals surface area contributed by atoms with Crippen molar-refractivity contribution in [2.45, 2.75) is 39.3 Å². The van der Waals surface area contributed by atoms with E-state index in [0.717, 1.165) is 5.56 Å². The lowest BCUT2D eigenvalue weighted by Crippen LogP contribution is -2.46. The molecule has 1 aliphatic rings. The number of amides is 2. The van der Waals surface area contributed by atoms with E-state index < -0.39 is 6.04 Å². The summed E-state index contributed by atoms with van der Waals surface area (Å²) in [6, 6.07) is 6.81. The van der Waals surface area contributed by atoms with Gasteiger partial charge in [0.2, 0.25) is 17.7 Å². The van der Waals surface area contributed by atoms with Crippen LogP contribution in [-0.2, 0) is 22.6 Å². The summed E-state index contributed by atoms with van der Waals surface area (Å²) in [4.78, 5) is 30.9. The minimum absolute atomic E-state index is 0.0328. The van der Waals surface area contributed by atoms with E-state index in [0.29, 0.717) is 36.2 Å². The molecule has 0 bridgehead atoms. The smallest absolute Gasteiger partial charge is 0.243 e. The van der Waals surface area contributed by atoms with E-state index >= 15 is 0 Å². The standard InChI is InChI=1S/C18H21ClN4O3/c1-11-7-15(18(25)20-9-13-3-5-14(19)6-4-13)23(10-11)17(24)8-16-21-12(2)26-22-16/h3-6,11,15H,7-10H2,1-2H3,(H,20,25). The molecule has 0 saturated carbocycles. The summed E-state index contributed by atoms with van der Waals surface area (Å²) >= 11 is 5.87. The zero-order valence-corrected chi connectivity index (χ0v) is 15.5. The molecule has 2 heterocycles. The van der Waals surface area contributed by atoms with Crippen molar-refractivity contribution in [1.82, 2.24) is 20.4 Å². The summed E-state index contributed by atoms with van der Waals surface area (Å²) in [5.74, 6) is 0.702. The largest absolute Gasteiger partial charge is 0.350 e. The Bertz CT molecular complexity index is 790. The number of rotatable bonds is 5. The van der Waals surface area contributed by atoms with Crippen LogP contribution in [0.1, 0.15) is 30.6 Å². The van der Waals surface area contributed by atoms with Gasteiger partial charge in [0.05, 0.1) is 6.42 Å². The van der Waals surface area contributed by atoms with E-state index in [2.05, 4.69) is 15.5 Å². The molecule has 2 atom stereocenters. The number of hydrogen-bond donors (Lipinski definition) is 1. The van der Waals surface area contributed by atoms with Crippen LogP contribution in [0.2, 0.25) is 5.02 Å². The van der Waals surface area contributed by atoms with E-state index in [-0.39, 0.29) is 24.2 Å². The van der Waals surface area contributed by atoms with Crippen molar-refractivity contribution in [2.24, 2.45) is 5.92 Å². The van der Waals surface area contributed by atoms with E-state index in [1.54, 1.807) is 24.0 Å². The second-order valence-electron chi connectivity index (χ2n) is 6.65. The highest BCUT2D eigenvalue weighted by Crippen LogP contribution is 2.24. The van der Waals surface area contributed by atoms with Gasteiger partial charge in [0.25, 0.3) is 0 Å². The first-order chi connectivity index (χ1) is 12.4. The molecule has 1 aromatic heterocycles. The van der Waals surface area contributed by atoms with E-state index in [1.807, 2.05) is 19.1 Å². The third-order valence-electron chi connectivity index (χ3n) is 4.39. The van der Waals surface area contributed by atoms with Crippen molar-refractivity contribution in [3.63, 3.8) is 0 Å². The van der Waals surface area contributed by atoms with Crippen LogP contribution in [0, 0.1) is 12.8 Å². The third kappa shape index (κ3) is 4.40. The minimum Gasteiger partial charge on any atom is -0.350 e. The van der Waals surface area contributed by atoms with E-state index in [4.69, 9.17) is 16.1 Å². The summed E-state index contributed by atoms with van der Waals surface area (Å²) in [5.41, 5.74) is 0.953. The van der Waals surface area contributed by atoms with Crippen molar-refractivity contribution < 1.29 is 14.1 Å². The Morgan fingerprint density at radius 2 is 2.08 bits per heavy atom. The molecule has 0 radical (unpaired) electrons. The summed E-state index contributed by atoms with van der Waals surface area (Å²) in [6.07, 6.45) is 0.675. The Hall–Kier alpha value is -2.41. The number of aryl methyl sites for hydroxylation is 1. The fraction of sp³-hybridized carbons (Fsp3) is 0.444. The maximum atomic E-state index is 12.6. The number of carbonyl (C=O) groups excluding carboxylic acids is 2. The van der Waals surface area contributed by atoms with Gasteiger partial charge >= 0.3 is 0 Å². The van der Waals surface area contributed by atoms with Crippen LogP contribution >= 0.6 is 11.6 Å². The quantitative estimate of drug-likeness (QED) is 0.863. The van der Waals surface area contributed by atoms with E-state index in [1.165, 1.54) is 0 Å². The van der Waals surface area contributed by atoms with Crippen molar-refractivity contribution in [1.29, 1.82) is 0 Å². The van der Waals surface area contributed by atoms with Crippen LogP contribution in [0.4, 0.5) is 0 Å². The molecular formula is C18H21ClN4O3. The lowest BCUT2D eigenvalue weighted by molar-refractivity contribution is -0.138. The van der Waals surface area contributed by atoms with Crippen LogP contribution in [-0.4, -0.2) is 39.4 Å². The maximum absolute atomic E-state index is 12.6. The second kappa shape index (κ2) is 7.86. The predicted octanol–water partition coefficient (Wildman–Crippen LogP) is 2.13. The van der Waals surface area contributed by atoms with Gasteiger partial charge in [-0.1, -0.05) is 35.8 Å². The maximum Gasteiger partial charge on any atom is 0.243 e. The second-order valence-corrected chi connectivity index (χ2v) is 7.09. The van der Waals surface area contributed by atoms with Gasteiger partial charge in [-0.2, -0.15) is 4.98 Å². The summed E-state index contributed by atoms with van der Waals surface area (Å²) < 4.78 is 4.90. The Balaban J connectivity index is 1.61. The Labute approximate surface area is 156 Å². The molecule has 1 N–H and O–H groups in total. The Kier molecular flexibility index (Phi) is 5.56. The Morgan fingerprint density at radius 1 is 1.35 bits per heavy atom. The molecule has 2 aromatic rings. The molecule has 0 spiro atoms. The topological polar surface area (TPSA) is 88.3 Å². The van der Waals surface area contributed by atoms with Gasteiger partial charge in [0.1, 0.15) is 6.04 Å². The zero-order chi connectivity index (χ0) is 18.7. The molecule has 0 aliphatic carbocycles. The number of aromatic nitrogens is 2. The van der Waals surface area contributed by atoms with Gasteiger partial charge in [-0.25, -0.2) is 0 Å². The molecule has 138 valence electrons. The number of likely N-dealkylation sites (tertiary alicyclic amines) is 1. The summed E-state index contributed by atoms with van der Waals surface area (Å²) in [5, 5.41) is 7.31.